The molecular weight excluding hydrogens is 406 g/mol. The Morgan fingerprint density at radius 1 is 0.844 bits per heavy atom. The van der Waals surface area contributed by atoms with Crippen LogP contribution in [0, 0.1) is 0 Å². The number of amides is 2. The quantitative estimate of drug-likeness (QED) is 0.712. The van der Waals surface area contributed by atoms with Crippen molar-refractivity contribution in [1.29, 1.82) is 0 Å². The summed E-state index contributed by atoms with van der Waals surface area (Å²) in [5.74, 6) is 0. The maximum absolute atomic E-state index is 12.6. The summed E-state index contributed by atoms with van der Waals surface area (Å²) < 4.78 is 11.0. The molecule has 1 saturated heterocycles. The van der Waals surface area contributed by atoms with Gasteiger partial charge in [0.05, 0.1) is 6.54 Å². The number of benzene rings is 2. The number of fused-ring (bicyclic) bond motifs is 1. The first kappa shape index (κ1) is 22.0. The van der Waals surface area contributed by atoms with Crippen LogP contribution in [0.25, 0.3) is 0 Å². The minimum atomic E-state index is -0.493. The number of nitrogens with zero attached hydrogens (tertiary/aromatic N) is 3. The van der Waals surface area contributed by atoms with Crippen LogP contribution >= 0.6 is 0 Å². The van der Waals surface area contributed by atoms with Gasteiger partial charge in [0, 0.05) is 38.4 Å². The van der Waals surface area contributed by atoms with E-state index in [9.17, 15) is 9.59 Å². The summed E-state index contributed by atoms with van der Waals surface area (Å²) in [6.07, 6.45) is -0.562. The molecule has 2 heterocycles. The molecule has 1 fully saturated rings. The van der Waals surface area contributed by atoms with E-state index in [1.165, 1.54) is 0 Å². The Labute approximate surface area is 189 Å². The highest BCUT2D eigenvalue weighted by atomic mass is 16.6. The van der Waals surface area contributed by atoms with Crippen molar-refractivity contribution in [3.63, 3.8) is 0 Å². The van der Waals surface area contributed by atoms with E-state index >= 15 is 0 Å². The van der Waals surface area contributed by atoms with Gasteiger partial charge in [-0.05, 0) is 43.5 Å². The maximum Gasteiger partial charge on any atom is 0.410 e. The second-order valence-electron chi connectivity index (χ2n) is 9.27. The lowest BCUT2D eigenvalue weighted by molar-refractivity contribution is 0.0240. The fourth-order valence-corrected chi connectivity index (χ4v) is 4.10. The number of rotatable bonds is 3. The van der Waals surface area contributed by atoms with E-state index in [0.29, 0.717) is 26.2 Å². The van der Waals surface area contributed by atoms with Crippen molar-refractivity contribution in [2.24, 2.45) is 0 Å². The summed E-state index contributed by atoms with van der Waals surface area (Å²) in [4.78, 5) is 30.8. The monoisotopic (exact) mass is 437 g/mol. The lowest BCUT2D eigenvalue weighted by Crippen LogP contribution is -2.50. The van der Waals surface area contributed by atoms with Crippen LogP contribution in [0.3, 0.4) is 0 Å². The van der Waals surface area contributed by atoms with Gasteiger partial charge in [0.1, 0.15) is 12.2 Å². The number of hydrogen-bond acceptors (Lipinski definition) is 5. The second-order valence-corrected chi connectivity index (χ2v) is 9.27. The van der Waals surface area contributed by atoms with Crippen molar-refractivity contribution in [3.8, 4) is 0 Å². The average molecular weight is 438 g/mol. The SMILES string of the molecule is CC(C)(C)OC(=O)N1CCN(c2cccc3c2CN(C(=O)OCc2ccccc2)C3)CC1. The molecule has 0 atom stereocenters. The van der Waals surface area contributed by atoms with Crippen molar-refractivity contribution < 1.29 is 19.1 Å². The molecule has 2 amide bonds. The summed E-state index contributed by atoms with van der Waals surface area (Å²) in [7, 11) is 0. The van der Waals surface area contributed by atoms with Crippen molar-refractivity contribution in [2.75, 3.05) is 31.1 Å². The van der Waals surface area contributed by atoms with E-state index in [1.807, 2.05) is 57.2 Å². The van der Waals surface area contributed by atoms with Gasteiger partial charge < -0.3 is 19.3 Å². The lowest BCUT2D eigenvalue weighted by atomic mass is 10.1. The Bertz CT molecular complexity index is 963. The van der Waals surface area contributed by atoms with Gasteiger partial charge in [0.25, 0.3) is 0 Å². The molecule has 2 aliphatic heterocycles. The average Bonchev–Trinajstić information content (AvgIpc) is 3.22. The highest BCUT2D eigenvalue weighted by molar-refractivity contribution is 5.71. The third-order valence-corrected chi connectivity index (χ3v) is 5.69. The molecular formula is C25H31N3O4. The molecule has 7 heteroatoms. The molecule has 0 bridgehead atoms. The van der Waals surface area contributed by atoms with Crippen LogP contribution in [-0.4, -0.2) is 53.8 Å². The van der Waals surface area contributed by atoms with Gasteiger partial charge in [-0.15, -0.1) is 0 Å². The molecule has 4 rings (SSSR count). The Morgan fingerprint density at radius 3 is 2.25 bits per heavy atom. The van der Waals surface area contributed by atoms with Gasteiger partial charge in [-0.1, -0.05) is 42.5 Å². The summed E-state index contributed by atoms with van der Waals surface area (Å²) in [5, 5.41) is 0. The minimum Gasteiger partial charge on any atom is -0.445 e. The van der Waals surface area contributed by atoms with Crippen LogP contribution in [0.15, 0.2) is 48.5 Å². The van der Waals surface area contributed by atoms with Crippen LogP contribution in [0.2, 0.25) is 0 Å². The molecule has 0 aromatic heterocycles. The third kappa shape index (κ3) is 5.15. The summed E-state index contributed by atoms with van der Waals surface area (Å²) >= 11 is 0. The van der Waals surface area contributed by atoms with E-state index in [1.54, 1.807) is 9.80 Å². The Balaban J connectivity index is 1.35. The Hall–Kier alpha value is -3.22. The topological polar surface area (TPSA) is 62.3 Å². The molecule has 7 nitrogen and oxygen atoms in total. The summed E-state index contributed by atoms with van der Waals surface area (Å²) in [5.41, 5.74) is 3.92. The third-order valence-electron chi connectivity index (χ3n) is 5.69. The molecule has 2 aromatic rings. The predicted molar refractivity (Wildman–Crippen MR) is 122 cm³/mol. The van der Waals surface area contributed by atoms with Crippen LogP contribution in [-0.2, 0) is 29.2 Å². The molecule has 170 valence electrons. The maximum atomic E-state index is 12.6. The molecule has 0 unspecified atom stereocenters. The van der Waals surface area contributed by atoms with Crippen molar-refractivity contribution >= 4 is 17.9 Å². The van der Waals surface area contributed by atoms with Gasteiger partial charge in [-0.25, -0.2) is 9.59 Å². The highest BCUT2D eigenvalue weighted by Crippen LogP contribution is 2.33. The van der Waals surface area contributed by atoms with E-state index in [2.05, 4.69) is 17.0 Å². The van der Waals surface area contributed by atoms with Gasteiger partial charge >= 0.3 is 12.2 Å². The summed E-state index contributed by atoms with van der Waals surface area (Å²) in [6.45, 7) is 9.68. The normalized spacial score (nSPS) is 16.0. The number of anilines is 1. The first-order valence-electron chi connectivity index (χ1n) is 11.1. The molecule has 2 aliphatic rings. The largest absolute Gasteiger partial charge is 0.445 e. The van der Waals surface area contributed by atoms with E-state index in [0.717, 1.165) is 35.5 Å². The Morgan fingerprint density at radius 2 is 1.56 bits per heavy atom. The van der Waals surface area contributed by atoms with E-state index in [4.69, 9.17) is 9.47 Å². The zero-order chi connectivity index (χ0) is 22.7. The van der Waals surface area contributed by atoms with Gasteiger partial charge in [0.15, 0.2) is 0 Å². The molecule has 32 heavy (non-hydrogen) atoms. The molecule has 2 aromatic carbocycles. The van der Waals surface area contributed by atoms with Crippen molar-refractivity contribution in [2.45, 2.75) is 46.1 Å². The standard InChI is InChI=1S/C25H31N3O4/c1-25(2,3)32-24(30)27-14-12-26(13-15-27)22-11-7-10-20-16-28(17-21(20)22)23(29)31-18-19-8-5-4-6-9-19/h4-11H,12-18H2,1-3H3. The minimum absolute atomic E-state index is 0.261. The molecule has 0 aliphatic carbocycles. The predicted octanol–water partition coefficient (Wildman–Crippen LogP) is 4.40. The van der Waals surface area contributed by atoms with Gasteiger partial charge in [-0.3, -0.25) is 4.90 Å². The smallest absolute Gasteiger partial charge is 0.410 e. The van der Waals surface area contributed by atoms with Crippen LogP contribution < -0.4 is 4.90 Å². The number of carbonyl (C=O) groups excluding carboxylic acids is 2. The van der Waals surface area contributed by atoms with Gasteiger partial charge in [0.2, 0.25) is 0 Å². The lowest BCUT2D eigenvalue weighted by Gasteiger charge is -2.37. The van der Waals surface area contributed by atoms with Crippen molar-refractivity contribution in [3.05, 3.63) is 65.2 Å². The van der Waals surface area contributed by atoms with Crippen molar-refractivity contribution in [1.82, 2.24) is 9.80 Å². The van der Waals surface area contributed by atoms with Crippen LogP contribution in [0.5, 0.6) is 0 Å². The second kappa shape index (κ2) is 9.10. The number of carbonyl (C=O) groups is 2. The first-order chi connectivity index (χ1) is 15.3. The molecule has 0 saturated carbocycles. The fourth-order valence-electron chi connectivity index (χ4n) is 4.10. The number of hydrogen-bond donors (Lipinski definition) is 0. The zero-order valence-electron chi connectivity index (χ0n) is 19.0. The Kier molecular flexibility index (Phi) is 6.26. The van der Waals surface area contributed by atoms with E-state index < -0.39 is 5.60 Å². The highest BCUT2D eigenvalue weighted by Gasteiger charge is 2.30. The van der Waals surface area contributed by atoms with Crippen LogP contribution in [0.4, 0.5) is 15.3 Å². The fraction of sp³-hybridized carbons (Fsp3) is 0.440. The van der Waals surface area contributed by atoms with Crippen LogP contribution in [0.1, 0.15) is 37.5 Å². The zero-order valence-corrected chi connectivity index (χ0v) is 19.0. The summed E-state index contributed by atoms with van der Waals surface area (Å²) in [6, 6.07) is 15.9. The first-order valence-corrected chi connectivity index (χ1v) is 11.1. The number of piperazine rings is 1. The number of ether oxygens (including phenoxy) is 2. The molecule has 0 N–H and O–H groups in total. The van der Waals surface area contributed by atoms with E-state index in [-0.39, 0.29) is 18.8 Å². The van der Waals surface area contributed by atoms with Gasteiger partial charge in [-0.2, -0.15) is 0 Å². The molecule has 0 spiro atoms. The molecule has 0 radical (unpaired) electrons.